The second kappa shape index (κ2) is 8.34. The maximum atomic E-state index is 12.3. The molecule has 1 heterocycles. The second-order valence-corrected chi connectivity index (χ2v) is 6.21. The van der Waals surface area contributed by atoms with Crippen LogP contribution in [0.2, 0.25) is 0 Å². The van der Waals surface area contributed by atoms with Gasteiger partial charge in [0.2, 0.25) is 11.8 Å². The van der Waals surface area contributed by atoms with Crippen molar-refractivity contribution in [2.45, 2.75) is 13.0 Å². The van der Waals surface area contributed by atoms with Gasteiger partial charge in [-0.05, 0) is 29.8 Å². The van der Waals surface area contributed by atoms with Crippen LogP contribution in [0, 0.1) is 5.92 Å². The largest absolute Gasteiger partial charge is 0.489 e. The number of carbonyl (C=O) groups is 2. The highest BCUT2D eigenvalue weighted by Crippen LogP contribution is 2.27. The van der Waals surface area contributed by atoms with E-state index in [0.29, 0.717) is 19.7 Å². The Morgan fingerprint density at radius 3 is 2.62 bits per heavy atom. The molecule has 1 N–H and O–H groups in total. The molecule has 5 nitrogen and oxygen atoms in total. The fourth-order valence-corrected chi connectivity index (χ4v) is 2.91. The molecule has 1 aliphatic heterocycles. The van der Waals surface area contributed by atoms with Crippen molar-refractivity contribution in [3.05, 3.63) is 72.8 Å². The lowest BCUT2D eigenvalue weighted by atomic mass is 10.1. The number of nitrogens with zero attached hydrogens (tertiary/aromatic N) is 1. The third-order valence-electron chi connectivity index (χ3n) is 4.31. The topological polar surface area (TPSA) is 58.6 Å². The van der Waals surface area contributed by atoms with Crippen LogP contribution in [-0.4, -0.2) is 24.9 Å². The summed E-state index contributed by atoms with van der Waals surface area (Å²) in [6.45, 7) is 4.88. The van der Waals surface area contributed by atoms with Gasteiger partial charge in [-0.3, -0.25) is 9.59 Å². The van der Waals surface area contributed by atoms with Crippen molar-refractivity contribution >= 4 is 17.5 Å². The van der Waals surface area contributed by atoms with Gasteiger partial charge < -0.3 is 15.0 Å². The molecule has 26 heavy (non-hydrogen) atoms. The Kier molecular flexibility index (Phi) is 5.69. The van der Waals surface area contributed by atoms with Crippen LogP contribution < -0.4 is 15.0 Å². The zero-order valence-electron chi connectivity index (χ0n) is 14.6. The van der Waals surface area contributed by atoms with E-state index in [1.807, 2.05) is 54.6 Å². The van der Waals surface area contributed by atoms with Crippen LogP contribution in [0.3, 0.4) is 0 Å². The van der Waals surface area contributed by atoms with E-state index >= 15 is 0 Å². The lowest BCUT2D eigenvalue weighted by Crippen LogP contribution is -2.32. The van der Waals surface area contributed by atoms with Crippen molar-refractivity contribution in [1.82, 2.24) is 5.32 Å². The molecule has 1 aliphatic rings. The maximum Gasteiger partial charge on any atom is 0.227 e. The van der Waals surface area contributed by atoms with Crippen molar-refractivity contribution in [3.8, 4) is 5.75 Å². The molecule has 0 spiro atoms. The van der Waals surface area contributed by atoms with Crippen LogP contribution in [0.15, 0.2) is 67.3 Å². The highest BCUT2D eigenvalue weighted by Gasteiger charge is 2.34. The fraction of sp³-hybridized carbons (Fsp3) is 0.238. The molecule has 0 aromatic heterocycles. The first-order chi connectivity index (χ1) is 12.7. The molecule has 1 saturated heterocycles. The number of hydrogen-bond acceptors (Lipinski definition) is 3. The van der Waals surface area contributed by atoms with Crippen molar-refractivity contribution in [2.75, 3.05) is 18.0 Å². The Labute approximate surface area is 153 Å². The SMILES string of the molecule is C=CCNC(=O)C1CC(=O)N(c2ccc(OCc3ccccc3)cc2)C1. The molecule has 1 atom stereocenters. The Morgan fingerprint density at radius 2 is 1.92 bits per heavy atom. The van der Waals surface area contributed by atoms with Crippen LogP contribution in [0.1, 0.15) is 12.0 Å². The fourth-order valence-electron chi connectivity index (χ4n) is 2.91. The third kappa shape index (κ3) is 4.30. The summed E-state index contributed by atoms with van der Waals surface area (Å²) < 4.78 is 5.76. The van der Waals surface area contributed by atoms with E-state index in [9.17, 15) is 9.59 Å². The highest BCUT2D eigenvalue weighted by atomic mass is 16.5. The van der Waals surface area contributed by atoms with E-state index in [1.165, 1.54) is 0 Å². The van der Waals surface area contributed by atoms with Gasteiger partial charge >= 0.3 is 0 Å². The van der Waals surface area contributed by atoms with Gasteiger partial charge in [-0.25, -0.2) is 0 Å². The molecule has 0 bridgehead atoms. The molecule has 3 rings (SSSR count). The highest BCUT2D eigenvalue weighted by molar-refractivity contribution is 6.00. The van der Waals surface area contributed by atoms with E-state index in [1.54, 1.807) is 11.0 Å². The van der Waals surface area contributed by atoms with Gasteiger partial charge in [0.05, 0.1) is 5.92 Å². The van der Waals surface area contributed by atoms with Gasteiger partial charge in [-0.2, -0.15) is 0 Å². The normalized spacial score (nSPS) is 16.4. The van der Waals surface area contributed by atoms with Gasteiger partial charge in [0.25, 0.3) is 0 Å². The average molecular weight is 350 g/mol. The number of amides is 2. The molecule has 2 amide bonds. The Hall–Kier alpha value is -3.08. The van der Waals surface area contributed by atoms with Gasteiger partial charge in [0, 0.05) is 25.2 Å². The van der Waals surface area contributed by atoms with E-state index < -0.39 is 0 Å². The number of carbonyl (C=O) groups excluding carboxylic acids is 2. The molecular weight excluding hydrogens is 328 g/mol. The minimum atomic E-state index is -0.323. The number of benzene rings is 2. The monoisotopic (exact) mass is 350 g/mol. The first-order valence-electron chi connectivity index (χ1n) is 8.63. The Morgan fingerprint density at radius 1 is 1.19 bits per heavy atom. The number of ether oxygens (including phenoxy) is 1. The number of hydrogen-bond donors (Lipinski definition) is 1. The average Bonchev–Trinajstić information content (AvgIpc) is 3.07. The van der Waals surface area contributed by atoms with Crippen molar-refractivity contribution in [2.24, 2.45) is 5.92 Å². The summed E-state index contributed by atoms with van der Waals surface area (Å²) in [5.41, 5.74) is 1.88. The lowest BCUT2D eigenvalue weighted by Gasteiger charge is -2.17. The smallest absolute Gasteiger partial charge is 0.227 e. The molecule has 1 fully saturated rings. The number of anilines is 1. The summed E-state index contributed by atoms with van der Waals surface area (Å²) in [7, 11) is 0. The Balaban J connectivity index is 1.58. The van der Waals surface area contributed by atoms with Crippen molar-refractivity contribution in [1.29, 1.82) is 0 Å². The van der Waals surface area contributed by atoms with Gasteiger partial charge in [0.15, 0.2) is 0 Å². The quantitative estimate of drug-likeness (QED) is 0.781. The van der Waals surface area contributed by atoms with Crippen molar-refractivity contribution < 1.29 is 14.3 Å². The zero-order chi connectivity index (χ0) is 18.4. The summed E-state index contributed by atoms with van der Waals surface area (Å²) in [5.74, 6) is 0.270. The van der Waals surface area contributed by atoms with Crippen LogP contribution in [0.4, 0.5) is 5.69 Å². The summed E-state index contributed by atoms with van der Waals surface area (Å²) in [5, 5.41) is 2.75. The first-order valence-corrected chi connectivity index (χ1v) is 8.63. The predicted octanol–water partition coefficient (Wildman–Crippen LogP) is 2.92. The summed E-state index contributed by atoms with van der Waals surface area (Å²) >= 11 is 0. The van der Waals surface area contributed by atoms with Crippen LogP contribution >= 0.6 is 0 Å². The minimum Gasteiger partial charge on any atom is -0.489 e. The standard InChI is InChI=1S/C21H22N2O3/c1-2-12-22-21(25)17-13-20(24)23(14-17)18-8-10-19(11-9-18)26-15-16-6-4-3-5-7-16/h2-11,17H,1,12-15H2,(H,22,25). The van der Waals surface area contributed by atoms with E-state index in [0.717, 1.165) is 17.0 Å². The van der Waals surface area contributed by atoms with Crippen LogP contribution in [0.25, 0.3) is 0 Å². The number of rotatable bonds is 7. The van der Waals surface area contributed by atoms with Crippen LogP contribution in [0.5, 0.6) is 5.75 Å². The lowest BCUT2D eigenvalue weighted by molar-refractivity contribution is -0.126. The van der Waals surface area contributed by atoms with Gasteiger partial charge in [-0.15, -0.1) is 6.58 Å². The maximum absolute atomic E-state index is 12.3. The number of nitrogens with one attached hydrogen (secondary N) is 1. The van der Waals surface area contributed by atoms with E-state index in [2.05, 4.69) is 11.9 Å². The van der Waals surface area contributed by atoms with Crippen molar-refractivity contribution in [3.63, 3.8) is 0 Å². The molecule has 0 saturated carbocycles. The van der Waals surface area contributed by atoms with Crippen LogP contribution in [-0.2, 0) is 16.2 Å². The molecule has 5 heteroatoms. The molecule has 134 valence electrons. The summed E-state index contributed by atoms with van der Waals surface area (Å²) in [6, 6.07) is 17.3. The molecular formula is C21H22N2O3. The minimum absolute atomic E-state index is 0.0401. The van der Waals surface area contributed by atoms with E-state index in [4.69, 9.17) is 4.74 Å². The molecule has 2 aromatic rings. The van der Waals surface area contributed by atoms with Gasteiger partial charge in [-0.1, -0.05) is 36.4 Å². The predicted molar refractivity (Wildman–Crippen MR) is 101 cm³/mol. The molecule has 0 radical (unpaired) electrons. The third-order valence-corrected chi connectivity index (χ3v) is 4.31. The molecule has 0 aliphatic carbocycles. The summed E-state index contributed by atoms with van der Waals surface area (Å²) in [4.78, 5) is 25.9. The van der Waals surface area contributed by atoms with Gasteiger partial charge in [0.1, 0.15) is 12.4 Å². The summed E-state index contributed by atoms with van der Waals surface area (Å²) in [6.07, 6.45) is 1.86. The molecule has 2 aromatic carbocycles. The molecule has 1 unspecified atom stereocenters. The second-order valence-electron chi connectivity index (χ2n) is 6.21. The first kappa shape index (κ1) is 17.7. The Bertz CT molecular complexity index is 772. The van der Waals surface area contributed by atoms with E-state index in [-0.39, 0.29) is 24.2 Å². The zero-order valence-corrected chi connectivity index (χ0v) is 14.6.